The van der Waals surface area contributed by atoms with E-state index in [4.69, 9.17) is 39.2 Å². The first-order chi connectivity index (χ1) is 6.68. The Balaban J connectivity index is 2.64. The summed E-state index contributed by atoms with van der Waals surface area (Å²) in [4.78, 5) is 3.79. The van der Waals surface area contributed by atoms with Crippen LogP contribution in [-0.2, 0) is 0 Å². The zero-order valence-electron chi connectivity index (χ0n) is 6.80. The van der Waals surface area contributed by atoms with Crippen molar-refractivity contribution < 1.29 is 4.42 Å². The zero-order chi connectivity index (χ0) is 10.1. The Morgan fingerprint density at radius 3 is 2.21 bits per heavy atom. The number of nitrogens with zero attached hydrogens (tertiary/aromatic N) is 1. The molecule has 2 nitrogen and oxygen atoms in total. The van der Waals surface area contributed by atoms with E-state index in [1.165, 1.54) is 6.39 Å². The summed E-state index contributed by atoms with van der Waals surface area (Å²) in [5.74, 6) is 0.525. The van der Waals surface area contributed by atoms with Gasteiger partial charge < -0.3 is 4.42 Å². The summed E-state index contributed by atoms with van der Waals surface area (Å²) in [5.41, 5.74) is 0.607. The summed E-state index contributed by atoms with van der Waals surface area (Å²) in [6, 6.07) is 3.21. The summed E-state index contributed by atoms with van der Waals surface area (Å²) < 4.78 is 5.10. The Hall–Kier alpha value is -0.700. The molecule has 0 aliphatic carbocycles. The van der Waals surface area contributed by atoms with Crippen LogP contribution < -0.4 is 0 Å². The molecule has 0 radical (unpaired) electrons. The van der Waals surface area contributed by atoms with Gasteiger partial charge in [-0.25, -0.2) is 4.98 Å². The predicted molar refractivity (Wildman–Crippen MR) is 57.0 cm³/mol. The number of hydrogen-bond acceptors (Lipinski definition) is 2. The van der Waals surface area contributed by atoms with Crippen molar-refractivity contribution in [3.05, 3.63) is 39.8 Å². The maximum atomic E-state index is 5.97. The molecule has 1 aromatic carbocycles. The first kappa shape index (κ1) is 9.84. The average Bonchev–Trinajstić information content (AvgIpc) is 2.54. The van der Waals surface area contributed by atoms with E-state index >= 15 is 0 Å². The van der Waals surface area contributed by atoms with Crippen molar-refractivity contribution in [3.63, 3.8) is 0 Å². The van der Waals surface area contributed by atoms with Crippen molar-refractivity contribution in [1.82, 2.24) is 4.98 Å². The fourth-order valence-electron chi connectivity index (χ4n) is 1.12. The highest BCUT2D eigenvalue weighted by atomic mass is 35.5. The van der Waals surface area contributed by atoms with E-state index in [0.29, 0.717) is 26.4 Å². The Morgan fingerprint density at radius 1 is 1.07 bits per heavy atom. The van der Waals surface area contributed by atoms with Crippen LogP contribution in [-0.4, -0.2) is 4.98 Å². The summed E-state index contributed by atoms with van der Waals surface area (Å²) in [6.45, 7) is 0. The topological polar surface area (TPSA) is 26.0 Å². The molecule has 0 amide bonds. The standard InChI is InChI=1S/C9H4Cl3NO/c10-5-1-6(11)9(7(12)2-5)8-3-13-4-14-8/h1-4H. The Labute approximate surface area is 95.4 Å². The van der Waals surface area contributed by atoms with E-state index in [9.17, 15) is 0 Å². The van der Waals surface area contributed by atoms with Gasteiger partial charge in [-0.05, 0) is 12.1 Å². The Morgan fingerprint density at radius 2 is 1.71 bits per heavy atom. The van der Waals surface area contributed by atoms with Crippen LogP contribution in [0.1, 0.15) is 0 Å². The van der Waals surface area contributed by atoms with E-state index in [1.54, 1.807) is 18.3 Å². The van der Waals surface area contributed by atoms with Crippen molar-refractivity contribution in [2.45, 2.75) is 0 Å². The molecule has 0 aliphatic heterocycles. The molecule has 14 heavy (non-hydrogen) atoms. The lowest BCUT2D eigenvalue weighted by Gasteiger charge is -2.03. The minimum absolute atomic E-state index is 0.444. The lowest BCUT2D eigenvalue weighted by molar-refractivity contribution is 0.572. The summed E-state index contributed by atoms with van der Waals surface area (Å²) in [5, 5.41) is 1.38. The van der Waals surface area contributed by atoms with Gasteiger partial charge in [-0.1, -0.05) is 34.8 Å². The molecule has 0 saturated heterocycles. The van der Waals surface area contributed by atoms with Gasteiger partial charge in [0.05, 0.1) is 21.8 Å². The van der Waals surface area contributed by atoms with Crippen LogP contribution >= 0.6 is 34.8 Å². The molecular formula is C9H4Cl3NO. The molecule has 0 fully saturated rings. The van der Waals surface area contributed by atoms with Gasteiger partial charge in [0.2, 0.25) is 0 Å². The van der Waals surface area contributed by atoms with Gasteiger partial charge in [0.15, 0.2) is 12.2 Å². The van der Waals surface area contributed by atoms with Crippen molar-refractivity contribution in [3.8, 4) is 11.3 Å². The summed E-state index contributed by atoms with van der Waals surface area (Å²) in [6.07, 6.45) is 2.86. The molecule has 0 bridgehead atoms. The van der Waals surface area contributed by atoms with Gasteiger partial charge in [-0.3, -0.25) is 0 Å². The van der Waals surface area contributed by atoms with Gasteiger partial charge in [0.1, 0.15) is 0 Å². The van der Waals surface area contributed by atoms with Crippen LogP contribution in [0.25, 0.3) is 11.3 Å². The maximum absolute atomic E-state index is 5.97. The molecular weight excluding hydrogens is 244 g/mol. The molecule has 0 saturated carbocycles. The van der Waals surface area contributed by atoms with Crippen LogP contribution in [0.2, 0.25) is 15.1 Å². The monoisotopic (exact) mass is 247 g/mol. The van der Waals surface area contributed by atoms with Crippen LogP contribution in [0.4, 0.5) is 0 Å². The second kappa shape index (κ2) is 3.81. The first-order valence-electron chi connectivity index (χ1n) is 3.72. The molecule has 1 aromatic heterocycles. The number of rotatable bonds is 1. The lowest BCUT2D eigenvalue weighted by atomic mass is 10.2. The van der Waals surface area contributed by atoms with E-state index in [1.807, 2.05) is 0 Å². The van der Waals surface area contributed by atoms with Gasteiger partial charge in [0, 0.05) is 5.02 Å². The summed E-state index contributed by atoms with van der Waals surface area (Å²) in [7, 11) is 0. The molecule has 72 valence electrons. The lowest BCUT2D eigenvalue weighted by Crippen LogP contribution is -1.79. The van der Waals surface area contributed by atoms with Crippen molar-refractivity contribution >= 4 is 34.8 Å². The fraction of sp³-hybridized carbons (Fsp3) is 0. The second-order valence-electron chi connectivity index (χ2n) is 2.61. The largest absolute Gasteiger partial charge is 0.443 e. The van der Waals surface area contributed by atoms with Crippen LogP contribution in [0, 0.1) is 0 Å². The average molecular weight is 248 g/mol. The smallest absolute Gasteiger partial charge is 0.181 e. The highest BCUT2D eigenvalue weighted by molar-refractivity contribution is 6.41. The molecule has 1 heterocycles. The predicted octanol–water partition coefficient (Wildman–Crippen LogP) is 4.30. The highest BCUT2D eigenvalue weighted by Gasteiger charge is 2.12. The van der Waals surface area contributed by atoms with Gasteiger partial charge in [-0.15, -0.1) is 0 Å². The molecule has 0 spiro atoms. The quantitative estimate of drug-likeness (QED) is 0.752. The normalized spacial score (nSPS) is 10.5. The molecule has 0 N–H and O–H groups in total. The van der Waals surface area contributed by atoms with Crippen LogP contribution in [0.5, 0.6) is 0 Å². The van der Waals surface area contributed by atoms with Gasteiger partial charge in [-0.2, -0.15) is 0 Å². The SMILES string of the molecule is Clc1cc(Cl)c(-c2cnco2)c(Cl)c1. The van der Waals surface area contributed by atoms with Crippen molar-refractivity contribution in [2.24, 2.45) is 0 Å². The van der Waals surface area contributed by atoms with E-state index in [-0.39, 0.29) is 0 Å². The third-order valence-corrected chi connectivity index (χ3v) is 2.50. The number of benzene rings is 1. The molecule has 2 aromatic rings. The third kappa shape index (κ3) is 1.73. The van der Waals surface area contributed by atoms with Gasteiger partial charge in [0.25, 0.3) is 0 Å². The number of halogens is 3. The Kier molecular flexibility index (Phi) is 2.68. The van der Waals surface area contributed by atoms with Crippen LogP contribution in [0.3, 0.4) is 0 Å². The van der Waals surface area contributed by atoms with Crippen LogP contribution in [0.15, 0.2) is 29.1 Å². The van der Waals surface area contributed by atoms with E-state index in [2.05, 4.69) is 4.98 Å². The Bertz CT molecular complexity index is 430. The summed E-state index contributed by atoms with van der Waals surface area (Å²) >= 11 is 17.7. The first-order valence-corrected chi connectivity index (χ1v) is 4.85. The van der Waals surface area contributed by atoms with E-state index < -0.39 is 0 Å². The zero-order valence-corrected chi connectivity index (χ0v) is 9.07. The fourth-order valence-corrected chi connectivity index (χ4v) is 2.12. The van der Waals surface area contributed by atoms with Crippen molar-refractivity contribution in [2.75, 3.05) is 0 Å². The highest BCUT2D eigenvalue weighted by Crippen LogP contribution is 2.36. The van der Waals surface area contributed by atoms with Gasteiger partial charge >= 0.3 is 0 Å². The minimum atomic E-state index is 0.444. The molecule has 0 atom stereocenters. The minimum Gasteiger partial charge on any atom is -0.443 e. The second-order valence-corrected chi connectivity index (χ2v) is 3.86. The maximum Gasteiger partial charge on any atom is 0.181 e. The number of oxazole rings is 1. The third-order valence-electron chi connectivity index (χ3n) is 1.69. The molecule has 2 rings (SSSR count). The number of hydrogen-bond donors (Lipinski definition) is 0. The van der Waals surface area contributed by atoms with E-state index in [0.717, 1.165) is 0 Å². The molecule has 0 aliphatic rings. The van der Waals surface area contributed by atoms with Crippen molar-refractivity contribution in [1.29, 1.82) is 0 Å². The molecule has 5 heteroatoms. The number of aromatic nitrogens is 1. The molecule has 0 unspecified atom stereocenters.